The molecule has 0 atom stereocenters. The standard InChI is InChI=1S/C23H11F3O4S/c24-23(25,26)31(27,28)30-14-8-7-12-10-17-15-3-1-5-19-21(15)22-16(4-2-6-20(22)29-19)18(17)11-13(12)9-14/h1-11H. The van der Waals surface area contributed by atoms with Crippen molar-refractivity contribution in [3.63, 3.8) is 0 Å². The highest BCUT2D eigenvalue weighted by Crippen LogP contribution is 2.43. The van der Waals surface area contributed by atoms with Crippen molar-refractivity contribution in [2.75, 3.05) is 0 Å². The molecular formula is C23H11F3O4S. The van der Waals surface area contributed by atoms with Crippen LogP contribution in [0.3, 0.4) is 0 Å². The number of fused-ring (bicyclic) bond motifs is 4. The molecule has 0 unspecified atom stereocenters. The van der Waals surface area contributed by atoms with Crippen LogP contribution in [0.5, 0.6) is 5.75 Å². The van der Waals surface area contributed by atoms with Crippen LogP contribution in [0.4, 0.5) is 13.2 Å². The van der Waals surface area contributed by atoms with Crippen LogP contribution in [0, 0.1) is 0 Å². The molecule has 0 spiro atoms. The zero-order valence-corrected chi connectivity index (χ0v) is 16.3. The van der Waals surface area contributed by atoms with E-state index in [1.54, 1.807) is 6.07 Å². The molecule has 0 aliphatic carbocycles. The van der Waals surface area contributed by atoms with Crippen LogP contribution in [0.2, 0.25) is 0 Å². The predicted octanol–water partition coefficient (Wildman–Crippen LogP) is 6.71. The normalized spacial score (nSPS) is 13.3. The summed E-state index contributed by atoms with van der Waals surface area (Å²) in [6.07, 6.45) is 0. The van der Waals surface area contributed by atoms with E-state index in [0.717, 1.165) is 48.9 Å². The first-order valence-corrected chi connectivity index (χ1v) is 10.7. The molecule has 1 heterocycles. The molecule has 0 aliphatic heterocycles. The summed E-state index contributed by atoms with van der Waals surface area (Å²) in [6.45, 7) is 0. The van der Waals surface area contributed by atoms with Crippen molar-refractivity contribution in [3.8, 4) is 5.75 Å². The van der Waals surface area contributed by atoms with Crippen LogP contribution in [0.15, 0.2) is 71.1 Å². The third-order valence-corrected chi connectivity index (χ3v) is 6.52. The number of halogens is 3. The molecule has 6 rings (SSSR count). The Hall–Kier alpha value is -3.52. The van der Waals surface area contributed by atoms with E-state index in [-0.39, 0.29) is 0 Å². The summed E-state index contributed by atoms with van der Waals surface area (Å²) < 4.78 is 71.1. The summed E-state index contributed by atoms with van der Waals surface area (Å²) in [5.74, 6) is -0.398. The van der Waals surface area contributed by atoms with E-state index in [9.17, 15) is 21.6 Å². The topological polar surface area (TPSA) is 56.5 Å². The molecule has 0 amide bonds. The smallest absolute Gasteiger partial charge is 0.456 e. The molecule has 5 aromatic carbocycles. The van der Waals surface area contributed by atoms with E-state index in [2.05, 4.69) is 4.18 Å². The SMILES string of the molecule is O=S(=O)(Oc1ccc2cc3c(cc2c1)c1cccc2oc4cccc3c4c21)C(F)(F)F. The predicted molar refractivity (Wildman–Crippen MR) is 113 cm³/mol. The van der Waals surface area contributed by atoms with Crippen molar-refractivity contribution in [2.45, 2.75) is 5.51 Å². The maximum atomic E-state index is 12.7. The fourth-order valence-electron chi connectivity index (χ4n) is 4.26. The molecule has 0 saturated carbocycles. The Balaban J connectivity index is 1.67. The molecule has 0 fully saturated rings. The van der Waals surface area contributed by atoms with Gasteiger partial charge in [0.05, 0.1) is 0 Å². The minimum atomic E-state index is -5.74. The molecule has 154 valence electrons. The Morgan fingerprint density at radius 3 is 1.87 bits per heavy atom. The average Bonchev–Trinajstić information content (AvgIpc) is 3.10. The molecule has 1 aromatic heterocycles. The van der Waals surface area contributed by atoms with Crippen LogP contribution in [0.25, 0.3) is 54.3 Å². The highest BCUT2D eigenvalue weighted by atomic mass is 32.2. The Morgan fingerprint density at radius 1 is 0.710 bits per heavy atom. The van der Waals surface area contributed by atoms with Gasteiger partial charge in [0, 0.05) is 10.8 Å². The van der Waals surface area contributed by atoms with E-state index < -0.39 is 21.4 Å². The minimum absolute atomic E-state index is 0.398. The minimum Gasteiger partial charge on any atom is -0.456 e. The van der Waals surface area contributed by atoms with E-state index >= 15 is 0 Å². The van der Waals surface area contributed by atoms with Gasteiger partial charge >= 0.3 is 15.6 Å². The van der Waals surface area contributed by atoms with Crippen molar-refractivity contribution in [2.24, 2.45) is 0 Å². The molecule has 0 bridgehead atoms. The first-order chi connectivity index (χ1) is 14.7. The lowest BCUT2D eigenvalue weighted by molar-refractivity contribution is -0.0500. The summed E-state index contributed by atoms with van der Waals surface area (Å²) in [6, 6.07) is 19.4. The molecular weight excluding hydrogens is 429 g/mol. The molecule has 6 aromatic rings. The van der Waals surface area contributed by atoms with Crippen molar-refractivity contribution in [1.82, 2.24) is 0 Å². The first kappa shape index (κ1) is 18.3. The number of hydrogen-bond donors (Lipinski definition) is 0. The van der Waals surface area contributed by atoms with Gasteiger partial charge in [0.25, 0.3) is 0 Å². The molecule has 0 aliphatic rings. The van der Waals surface area contributed by atoms with Gasteiger partial charge in [-0.2, -0.15) is 21.6 Å². The zero-order valence-electron chi connectivity index (χ0n) is 15.5. The summed E-state index contributed by atoms with van der Waals surface area (Å²) in [5.41, 5.74) is -3.96. The third kappa shape index (κ3) is 2.51. The fraction of sp³-hybridized carbons (Fsp3) is 0.0435. The lowest BCUT2D eigenvalue weighted by Gasteiger charge is -2.12. The molecule has 0 radical (unpaired) electrons. The summed E-state index contributed by atoms with van der Waals surface area (Å²) >= 11 is 0. The first-order valence-electron chi connectivity index (χ1n) is 9.26. The van der Waals surface area contributed by atoms with Crippen LogP contribution < -0.4 is 4.18 Å². The fourth-order valence-corrected chi connectivity index (χ4v) is 4.71. The van der Waals surface area contributed by atoms with E-state index in [0.29, 0.717) is 5.39 Å². The second-order valence-electron chi connectivity index (χ2n) is 7.35. The summed E-state index contributed by atoms with van der Waals surface area (Å²) in [4.78, 5) is 0. The molecule has 31 heavy (non-hydrogen) atoms. The van der Waals surface area contributed by atoms with Gasteiger partial charge < -0.3 is 8.60 Å². The second-order valence-corrected chi connectivity index (χ2v) is 8.89. The highest BCUT2D eigenvalue weighted by molar-refractivity contribution is 7.88. The maximum Gasteiger partial charge on any atom is 0.534 e. The summed E-state index contributed by atoms with van der Waals surface area (Å²) in [7, 11) is -5.74. The molecule has 4 nitrogen and oxygen atoms in total. The van der Waals surface area contributed by atoms with Gasteiger partial charge in [-0.3, -0.25) is 0 Å². The number of hydrogen-bond acceptors (Lipinski definition) is 4. The van der Waals surface area contributed by atoms with E-state index in [1.165, 1.54) is 12.1 Å². The number of benzene rings is 5. The van der Waals surface area contributed by atoms with E-state index in [1.807, 2.05) is 48.5 Å². The number of rotatable bonds is 2. The van der Waals surface area contributed by atoms with Crippen molar-refractivity contribution >= 4 is 64.4 Å². The average molecular weight is 440 g/mol. The number of furan rings is 1. The molecule has 8 heteroatoms. The summed E-state index contributed by atoms with van der Waals surface area (Å²) in [5, 5.41) is 7.11. The van der Waals surface area contributed by atoms with E-state index in [4.69, 9.17) is 4.42 Å². The third-order valence-electron chi connectivity index (χ3n) is 5.54. The Bertz CT molecular complexity index is 1770. The quantitative estimate of drug-likeness (QED) is 0.130. The zero-order chi connectivity index (χ0) is 21.5. The Kier molecular flexibility index (Phi) is 3.41. The van der Waals surface area contributed by atoms with Crippen molar-refractivity contribution in [1.29, 1.82) is 0 Å². The molecule has 0 N–H and O–H groups in total. The van der Waals surface area contributed by atoms with Gasteiger partial charge in [-0.05, 0) is 68.7 Å². The van der Waals surface area contributed by atoms with Gasteiger partial charge in [-0.15, -0.1) is 0 Å². The van der Waals surface area contributed by atoms with Gasteiger partial charge in [-0.1, -0.05) is 30.3 Å². The van der Waals surface area contributed by atoms with Gasteiger partial charge in [-0.25, -0.2) is 0 Å². The van der Waals surface area contributed by atoms with Gasteiger partial charge in [0.1, 0.15) is 16.9 Å². The molecule has 0 saturated heterocycles. The lowest BCUT2D eigenvalue weighted by Crippen LogP contribution is -2.28. The van der Waals surface area contributed by atoms with Crippen molar-refractivity contribution < 1.29 is 30.2 Å². The van der Waals surface area contributed by atoms with Crippen LogP contribution >= 0.6 is 0 Å². The van der Waals surface area contributed by atoms with Crippen LogP contribution in [-0.2, 0) is 10.1 Å². The van der Waals surface area contributed by atoms with Crippen LogP contribution in [-0.4, -0.2) is 13.9 Å². The largest absolute Gasteiger partial charge is 0.534 e. The highest BCUT2D eigenvalue weighted by Gasteiger charge is 2.48. The Labute approximate surface area is 172 Å². The van der Waals surface area contributed by atoms with Gasteiger partial charge in [0.2, 0.25) is 0 Å². The van der Waals surface area contributed by atoms with Crippen molar-refractivity contribution in [3.05, 3.63) is 66.7 Å². The second kappa shape index (κ2) is 5.79. The maximum absolute atomic E-state index is 12.7. The monoisotopic (exact) mass is 440 g/mol. The Morgan fingerprint density at radius 2 is 1.29 bits per heavy atom. The number of alkyl halides is 3. The lowest BCUT2D eigenvalue weighted by atomic mass is 9.92. The van der Waals surface area contributed by atoms with Gasteiger partial charge in [0.15, 0.2) is 0 Å². The van der Waals surface area contributed by atoms with Crippen LogP contribution in [0.1, 0.15) is 0 Å².